The molecule has 38 heavy (non-hydrogen) atoms. The molecule has 4 heterocycles. The lowest BCUT2D eigenvalue weighted by Gasteiger charge is -2.25. The lowest BCUT2D eigenvalue weighted by molar-refractivity contribution is 0.0577. The van der Waals surface area contributed by atoms with Crippen molar-refractivity contribution in [3.63, 3.8) is 0 Å². The van der Waals surface area contributed by atoms with Crippen LogP contribution in [-0.2, 0) is 13.1 Å². The van der Waals surface area contributed by atoms with E-state index in [1.54, 1.807) is 72.6 Å². The quantitative estimate of drug-likeness (QED) is 0.299. The lowest BCUT2D eigenvalue weighted by atomic mass is 10.1. The zero-order chi connectivity index (χ0) is 26.9. The molecular weight excluding hydrogens is 491 g/mol. The second kappa shape index (κ2) is 10.1. The van der Waals surface area contributed by atoms with Crippen molar-refractivity contribution >= 4 is 22.7 Å². The number of halogens is 1. The van der Waals surface area contributed by atoms with Gasteiger partial charge in [-0.2, -0.15) is 5.10 Å². The molecule has 5 aromatic rings. The molecule has 0 saturated carbocycles. The van der Waals surface area contributed by atoms with Crippen LogP contribution in [-0.4, -0.2) is 59.6 Å². The molecule has 1 aromatic carbocycles. The second-order valence-electron chi connectivity index (χ2n) is 9.29. The summed E-state index contributed by atoms with van der Waals surface area (Å²) in [6.07, 6.45) is 8.41. The van der Waals surface area contributed by atoms with E-state index in [-0.39, 0.29) is 18.0 Å². The highest BCUT2D eigenvalue weighted by atomic mass is 19.1. The number of rotatable bonds is 9. The number of hydrogen-bond donors (Lipinski definition) is 2. The summed E-state index contributed by atoms with van der Waals surface area (Å²) in [5, 5.41) is 14.4. The second-order valence-corrected chi connectivity index (χ2v) is 9.29. The molecule has 0 spiro atoms. The fourth-order valence-electron chi connectivity index (χ4n) is 4.00. The van der Waals surface area contributed by atoms with E-state index in [0.717, 1.165) is 5.56 Å². The maximum absolute atomic E-state index is 15.5. The van der Waals surface area contributed by atoms with Crippen LogP contribution in [0.5, 0.6) is 11.5 Å². The molecule has 12 heteroatoms. The smallest absolute Gasteiger partial charge is 0.188 e. The number of pyridine rings is 1. The molecule has 196 valence electrons. The van der Waals surface area contributed by atoms with Gasteiger partial charge in [0.25, 0.3) is 0 Å². The molecule has 4 aromatic heterocycles. The van der Waals surface area contributed by atoms with E-state index in [1.807, 2.05) is 0 Å². The summed E-state index contributed by atoms with van der Waals surface area (Å²) in [5.41, 5.74) is 1.52. The van der Waals surface area contributed by atoms with Crippen LogP contribution in [0.1, 0.15) is 19.7 Å². The Morgan fingerprint density at radius 2 is 1.95 bits per heavy atom. The maximum atomic E-state index is 15.5. The summed E-state index contributed by atoms with van der Waals surface area (Å²) < 4.78 is 27.8. The molecule has 2 N–H and O–H groups in total. The Morgan fingerprint density at radius 1 is 1.11 bits per heavy atom. The molecule has 0 fully saturated rings. The predicted molar refractivity (Wildman–Crippen MR) is 139 cm³/mol. The van der Waals surface area contributed by atoms with Crippen molar-refractivity contribution in [2.45, 2.75) is 32.5 Å². The van der Waals surface area contributed by atoms with Crippen LogP contribution in [0.25, 0.3) is 22.4 Å². The van der Waals surface area contributed by atoms with Gasteiger partial charge in [0, 0.05) is 36.3 Å². The number of nitrogens with zero attached hydrogens (tertiary/aromatic N) is 7. The summed E-state index contributed by atoms with van der Waals surface area (Å²) in [5.74, 6) is 0.920. The molecule has 0 atom stereocenters. The number of nitrogens with one attached hydrogen (secondary N) is 1. The Hall–Kier alpha value is -4.58. The molecule has 11 nitrogen and oxygen atoms in total. The third-order valence-electron chi connectivity index (χ3n) is 5.75. The molecular formula is C26H27FN8O3. The summed E-state index contributed by atoms with van der Waals surface area (Å²) in [6, 6.07) is 6.57. The minimum Gasteiger partial charge on any atom is -0.497 e. The van der Waals surface area contributed by atoms with Crippen LogP contribution in [0.3, 0.4) is 0 Å². The monoisotopic (exact) mass is 518 g/mol. The first-order valence-electron chi connectivity index (χ1n) is 11.8. The van der Waals surface area contributed by atoms with Gasteiger partial charge in [0.05, 0.1) is 56.7 Å². The van der Waals surface area contributed by atoms with E-state index in [2.05, 4.69) is 20.1 Å². The first-order chi connectivity index (χ1) is 18.2. The Balaban J connectivity index is 1.58. The van der Waals surface area contributed by atoms with Crippen LogP contribution in [0, 0.1) is 5.82 Å². The predicted octanol–water partition coefficient (Wildman–Crippen LogP) is 3.88. The third kappa shape index (κ3) is 5.25. The summed E-state index contributed by atoms with van der Waals surface area (Å²) in [7, 11) is 2.90. The van der Waals surface area contributed by atoms with Gasteiger partial charge in [-0.05, 0) is 26.0 Å². The number of methoxy groups -OCH3 is 2. The fourth-order valence-corrected chi connectivity index (χ4v) is 4.00. The van der Waals surface area contributed by atoms with Crippen molar-refractivity contribution in [1.29, 1.82) is 0 Å². The number of aromatic nitrogens is 7. The van der Waals surface area contributed by atoms with Crippen molar-refractivity contribution in [3.05, 3.63) is 66.9 Å². The molecule has 5 rings (SSSR count). The minimum atomic E-state index is -0.912. The molecule has 0 amide bonds. The van der Waals surface area contributed by atoms with Gasteiger partial charge < -0.3 is 24.5 Å². The Morgan fingerprint density at radius 3 is 2.66 bits per heavy atom. The number of aliphatic hydroxyl groups is 1. The molecule has 0 aliphatic heterocycles. The van der Waals surface area contributed by atoms with Gasteiger partial charge in [0.1, 0.15) is 22.9 Å². The SMILES string of the molecule is COc1cc(OC)c(F)c(N(Cc2ncc[nH]2)c2ccc3ncc(-c4cnn(CC(C)(C)O)c4)nc3n2)c1. The van der Waals surface area contributed by atoms with Gasteiger partial charge in [-0.3, -0.25) is 9.67 Å². The normalized spacial score (nSPS) is 11.6. The van der Waals surface area contributed by atoms with Gasteiger partial charge >= 0.3 is 0 Å². The molecule has 0 aliphatic rings. The van der Waals surface area contributed by atoms with E-state index in [0.29, 0.717) is 40.8 Å². The van der Waals surface area contributed by atoms with Gasteiger partial charge in [-0.1, -0.05) is 0 Å². The summed E-state index contributed by atoms with van der Waals surface area (Å²) in [4.78, 5) is 22.9. The van der Waals surface area contributed by atoms with Crippen molar-refractivity contribution in [2.75, 3.05) is 19.1 Å². The van der Waals surface area contributed by atoms with Gasteiger partial charge in [0.15, 0.2) is 17.2 Å². The average Bonchev–Trinajstić information content (AvgIpc) is 3.58. The van der Waals surface area contributed by atoms with E-state index < -0.39 is 11.4 Å². The Bertz CT molecular complexity index is 1560. The summed E-state index contributed by atoms with van der Waals surface area (Å²) >= 11 is 0. The third-order valence-corrected chi connectivity index (χ3v) is 5.75. The highest BCUT2D eigenvalue weighted by Crippen LogP contribution is 2.37. The van der Waals surface area contributed by atoms with Crippen molar-refractivity contribution in [3.8, 4) is 22.8 Å². The molecule has 0 unspecified atom stereocenters. The van der Waals surface area contributed by atoms with Gasteiger partial charge in [0.2, 0.25) is 0 Å². The highest BCUT2D eigenvalue weighted by molar-refractivity contribution is 5.77. The van der Waals surface area contributed by atoms with Crippen LogP contribution in [0.15, 0.2) is 55.2 Å². The van der Waals surface area contributed by atoms with Gasteiger partial charge in [-0.15, -0.1) is 0 Å². The van der Waals surface area contributed by atoms with E-state index >= 15 is 4.39 Å². The number of ether oxygens (including phenoxy) is 2. The van der Waals surface area contributed by atoms with Crippen LogP contribution in [0.4, 0.5) is 15.9 Å². The van der Waals surface area contributed by atoms with Gasteiger partial charge in [-0.25, -0.2) is 19.3 Å². The zero-order valence-electron chi connectivity index (χ0n) is 21.4. The topological polar surface area (TPSA) is 127 Å². The van der Waals surface area contributed by atoms with Crippen LogP contribution >= 0.6 is 0 Å². The van der Waals surface area contributed by atoms with E-state index in [4.69, 9.17) is 19.4 Å². The zero-order valence-corrected chi connectivity index (χ0v) is 21.4. The van der Waals surface area contributed by atoms with E-state index in [9.17, 15) is 5.11 Å². The number of aromatic amines is 1. The minimum absolute atomic E-state index is 0.0368. The Labute approximate surface area is 217 Å². The largest absolute Gasteiger partial charge is 0.497 e. The fraction of sp³-hybridized carbons (Fsp3) is 0.269. The highest BCUT2D eigenvalue weighted by Gasteiger charge is 2.22. The van der Waals surface area contributed by atoms with Crippen molar-refractivity contribution in [2.24, 2.45) is 0 Å². The number of benzene rings is 1. The maximum Gasteiger partial charge on any atom is 0.188 e. The standard InChI is InChI=1S/C26H27FN8O3/c1-26(2,36)15-34-13-16(11-31-34)19-12-30-18-5-6-23(33-25(18)32-19)35(14-22-28-7-8-29-22)20-9-17(37-3)10-21(38-4)24(20)27/h5-13,36H,14-15H2,1-4H3,(H,28,29). The summed E-state index contributed by atoms with van der Waals surface area (Å²) in [6.45, 7) is 3.94. The Kier molecular flexibility index (Phi) is 6.64. The van der Waals surface area contributed by atoms with Crippen molar-refractivity contribution in [1.82, 2.24) is 34.7 Å². The first kappa shape index (κ1) is 25.1. The number of imidazole rings is 1. The van der Waals surface area contributed by atoms with Crippen molar-refractivity contribution < 1.29 is 19.0 Å². The molecule has 0 bridgehead atoms. The van der Waals surface area contributed by atoms with E-state index in [1.165, 1.54) is 20.3 Å². The number of H-pyrrole nitrogens is 1. The lowest BCUT2D eigenvalue weighted by Crippen LogP contribution is -2.26. The average molecular weight is 519 g/mol. The molecule has 0 radical (unpaired) electrons. The number of anilines is 2. The molecule has 0 aliphatic carbocycles. The van der Waals surface area contributed by atoms with Crippen LogP contribution < -0.4 is 14.4 Å². The number of fused-ring (bicyclic) bond motifs is 1. The molecule has 0 saturated heterocycles. The van der Waals surface area contributed by atoms with Crippen LogP contribution in [0.2, 0.25) is 0 Å². The number of hydrogen-bond acceptors (Lipinski definition) is 9. The first-order valence-corrected chi connectivity index (χ1v) is 11.8.